The van der Waals surface area contributed by atoms with Crippen LogP contribution in [-0.4, -0.2) is 23.8 Å². The highest BCUT2D eigenvalue weighted by atomic mass is 79.9. The zero-order chi connectivity index (χ0) is 24.6. The molecule has 2 aromatic carbocycles. The first kappa shape index (κ1) is 24.4. The van der Waals surface area contributed by atoms with Crippen molar-refractivity contribution in [3.8, 4) is 5.75 Å². The van der Waals surface area contributed by atoms with Crippen molar-refractivity contribution in [2.24, 2.45) is 4.99 Å². The summed E-state index contributed by atoms with van der Waals surface area (Å²) in [5.74, 6) is 0.0280. The number of allylic oxidation sites excluding steroid dienone is 1. The molecule has 176 valence electrons. The predicted octanol–water partition coefficient (Wildman–Crippen LogP) is 4.61. The van der Waals surface area contributed by atoms with Crippen LogP contribution in [0.2, 0.25) is 5.02 Å². The van der Waals surface area contributed by atoms with E-state index in [1.165, 1.54) is 11.3 Å². The Morgan fingerprint density at radius 1 is 1.24 bits per heavy atom. The van der Waals surface area contributed by atoms with Crippen LogP contribution in [0, 0.1) is 0 Å². The minimum atomic E-state index is -0.762. The van der Waals surface area contributed by atoms with Crippen LogP contribution >= 0.6 is 38.9 Å². The molecule has 6 nitrogen and oxygen atoms in total. The molecule has 0 saturated heterocycles. The number of hydrogen-bond acceptors (Lipinski definition) is 6. The van der Waals surface area contributed by atoms with Crippen LogP contribution in [0.5, 0.6) is 5.75 Å². The molecule has 0 fully saturated rings. The van der Waals surface area contributed by atoms with E-state index in [9.17, 15) is 9.59 Å². The van der Waals surface area contributed by atoms with Crippen LogP contribution in [0.4, 0.5) is 0 Å². The average Bonchev–Trinajstić information content (AvgIpc) is 3.08. The number of carbonyl (C=O) groups is 1. The Balaban J connectivity index is 2.00. The topological polar surface area (TPSA) is 69.9 Å². The Morgan fingerprint density at radius 2 is 1.94 bits per heavy atom. The van der Waals surface area contributed by atoms with Crippen molar-refractivity contribution < 1.29 is 14.3 Å². The van der Waals surface area contributed by atoms with Crippen molar-refractivity contribution in [3.63, 3.8) is 0 Å². The van der Waals surface area contributed by atoms with Crippen molar-refractivity contribution >= 4 is 50.9 Å². The fraction of sp³-hybridized carbons (Fsp3) is 0.240. The highest BCUT2D eigenvalue weighted by molar-refractivity contribution is 9.10. The van der Waals surface area contributed by atoms with Gasteiger partial charge < -0.3 is 9.47 Å². The molecule has 0 spiro atoms. The second kappa shape index (κ2) is 9.90. The van der Waals surface area contributed by atoms with Gasteiger partial charge in [-0.15, -0.1) is 0 Å². The molecule has 4 rings (SSSR count). The number of carbonyl (C=O) groups excluding carboxylic acids is 1. The summed E-state index contributed by atoms with van der Waals surface area (Å²) < 4.78 is 14.0. The fourth-order valence-corrected chi connectivity index (χ4v) is 5.34. The molecule has 0 radical (unpaired) electrons. The summed E-state index contributed by atoms with van der Waals surface area (Å²) in [6, 6.07) is 11.9. The van der Waals surface area contributed by atoms with Crippen molar-refractivity contribution in [1.82, 2.24) is 4.57 Å². The molecule has 0 saturated carbocycles. The van der Waals surface area contributed by atoms with Gasteiger partial charge in [0.15, 0.2) is 4.80 Å². The SMILES string of the molecule is COc1ccc(Br)cc1[C@@H]1C(C(=O)OC(C)C)=C(C)N=c2s/c(=C\c3ccc(Cl)cc3)c(=O)n21. The summed E-state index contributed by atoms with van der Waals surface area (Å²) in [5, 5.41) is 0.615. The maximum absolute atomic E-state index is 13.7. The third-order valence-corrected chi connectivity index (χ3v) is 6.97. The number of nitrogens with zero attached hydrogens (tertiary/aromatic N) is 2. The molecular weight excluding hydrogens is 540 g/mol. The second-order valence-electron chi connectivity index (χ2n) is 7.97. The van der Waals surface area contributed by atoms with Crippen LogP contribution in [0.15, 0.2) is 68.0 Å². The van der Waals surface area contributed by atoms with Crippen LogP contribution in [0.3, 0.4) is 0 Å². The maximum Gasteiger partial charge on any atom is 0.338 e. The Kier molecular flexibility index (Phi) is 7.12. The zero-order valence-electron chi connectivity index (χ0n) is 19.0. The lowest BCUT2D eigenvalue weighted by Gasteiger charge is -2.26. The Labute approximate surface area is 213 Å². The van der Waals surface area contributed by atoms with Gasteiger partial charge in [0, 0.05) is 15.1 Å². The van der Waals surface area contributed by atoms with Gasteiger partial charge in [0.1, 0.15) is 11.8 Å². The van der Waals surface area contributed by atoms with Gasteiger partial charge in [-0.2, -0.15) is 0 Å². The number of halogens is 2. The van der Waals surface area contributed by atoms with E-state index in [0.717, 1.165) is 10.0 Å². The number of methoxy groups -OCH3 is 1. The van der Waals surface area contributed by atoms with Gasteiger partial charge in [-0.1, -0.05) is 51.0 Å². The number of esters is 1. The first-order chi connectivity index (χ1) is 16.2. The van der Waals surface area contributed by atoms with Crippen molar-refractivity contribution in [1.29, 1.82) is 0 Å². The molecule has 1 aliphatic heterocycles. The molecule has 34 heavy (non-hydrogen) atoms. The number of thiazole rings is 1. The van der Waals surface area contributed by atoms with Gasteiger partial charge in [0.2, 0.25) is 0 Å². The van der Waals surface area contributed by atoms with E-state index in [-0.39, 0.29) is 11.7 Å². The third kappa shape index (κ3) is 4.76. The molecule has 1 aromatic heterocycles. The minimum absolute atomic E-state index is 0.256. The largest absolute Gasteiger partial charge is 0.496 e. The van der Waals surface area contributed by atoms with Crippen LogP contribution in [0.25, 0.3) is 6.08 Å². The van der Waals surface area contributed by atoms with E-state index >= 15 is 0 Å². The number of fused-ring (bicyclic) bond motifs is 1. The molecule has 1 aliphatic rings. The highest BCUT2D eigenvalue weighted by Gasteiger charge is 2.35. The summed E-state index contributed by atoms with van der Waals surface area (Å²) in [4.78, 5) is 32.0. The molecule has 0 aliphatic carbocycles. The lowest BCUT2D eigenvalue weighted by molar-refractivity contribution is -0.143. The van der Waals surface area contributed by atoms with Gasteiger partial charge in [0.05, 0.1) is 29.0 Å². The summed E-state index contributed by atoms with van der Waals surface area (Å²) in [7, 11) is 1.56. The zero-order valence-corrected chi connectivity index (χ0v) is 22.1. The third-order valence-electron chi connectivity index (χ3n) is 5.24. The molecule has 0 amide bonds. The number of rotatable bonds is 5. The minimum Gasteiger partial charge on any atom is -0.496 e. The second-order valence-corrected chi connectivity index (χ2v) is 10.3. The Morgan fingerprint density at radius 3 is 2.59 bits per heavy atom. The van der Waals surface area contributed by atoms with Crippen LogP contribution in [0.1, 0.15) is 37.9 Å². The predicted molar refractivity (Wildman–Crippen MR) is 137 cm³/mol. The van der Waals surface area contributed by atoms with Gasteiger partial charge in [-0.3, -0.25) is 9.36 Å². The van der Waals surface area contributed by atoms with E-state index in [2.05, 4.69) is 20.9 Å². The first-order valence-electron chi connectivity index (χ1n) is 10.5. The number of ether oxygens (including phenoxy) is 2. The van der Waals surface area contributed by atoms with Crippen molar-refractivity contribution in [3.05, 3.63) is 94.0 Å². The first-order valence-corrected chi connectivity index (χ1v) is 12.5. The highest BCUT2D eigenvalue weighted by Crippen LogP contribution is 2.37. The van der Waals surface area contributed by atoms with Crippen LogP contribution < -0.4 is 19.6 Å². The van der Waals surface area contributed by atoms with Crippen LogP contribution in [-0.2, 0) is 9.53 Å². The molecule has 0 N–H and O–H groups in total. The van der Waals surface area contributed by atoms with Gasteiger partial charge in [-0.25, -0.2) is 9.79 Å². The van der Waals surface area contributed by atoms with E-state index < -0.39 is 12.0 Å². The molecule has 1 atom stereocenters. The quantitative estimate of drug-likeness (QED) is 0.427. The van der Waals surface area contributed by atoms with Crippen molar-refractivity contribution in [2.45, 2.75) is 32.9 Å². The molecular formula is C25H22BrClN2O4S. The van der Waals surface area contributed by atoms with Crippen molar-refractivity contribution in [2.75, 3.05) is 7.11 Å². The summed E-state index contributed by atoms with van der Waals surface area (Å²) in [5.41, 5.74) is 2.03. The van der Waals surface area contributed by atoms with Gasteiger partial charge in [-0.05, 0) is 62.7 Å². The van der Waals surface area contributed by atoms with E-state index in [0.29, 0.717) is 36.9 Å². The molecule has 9 heteroatoms. The standard InChI is InChI=1S/C25H22BrClN2O4S/c1-13(2)33-24(31)21-14(3)28-25-29(22(21)18-12-16(26)7-10-19(18)32-4)23(30)20(34-25)11-15-5-8-17(27)9-6-15/h5-13,22H,1-4H3/b20-11-/t22-/m1/s1. The van der Waals surface area contributed by atoms with Gasteiger partial charge in [0.25, 0.3) is 5.56 Å². The lowest BCUT2D eigenvalue weighted by atomic mass is 9.95. The smallest absolute Gasteiger partial charge is 0.338 e. The normalized spacial score (nSPS) is 15.9. The van der Waals surface area contributed by atoms with E-state index in [4.69, 9.17) is 21.1 Å². The van der Waals surface area contributed by atoms with E-state index in [1.54, 1.807) is 56.7 Å². The summed E-state index contributed by atoms with van der Waals surface area (Å²) in [6.07, 6.45) is 1.47. The lowest BCUT2D eigenvalue weighted by Crippen LogP contribution is -2.40. The number of benzene rings is 2. The Bertz CT molecular complexity index is 1470. The monoisotopic (exact) mass is 560 g/mol. The molecule has 3 aromatic rings. The maximum atomic E-state index is 13.7. The summed E-state index contributed by atoms with van der Waals surface area (Å²) >= 11 is 10.8. The fourth-order valence-electron chi connectivity index (χ4n) is 3.78. The number of hydrogen-bond donors (Lipinski definition) is 0. The molecule has 2 heterocycles. The molecule has 0 bridgehead atoms. The Hall–Kier alpha value is -2.68. The van der Waals surface area contributed by atoms with E-state index in [1.807, 2.05) is 24.3 Å². The molecule has 0 unspecified atom stereocenters. The van der Waals surface area contributed by atoms with Gasteiger partial charge >= 0.3 is 5.97 Å². The average molecular weight is 562 g/mol. The summed E-state index contributed by atoms with van der Waals surface area (Å²) in [6.45, 7) is 5.32. The number of aromatic nitrogens is 1.